The van der Waals surface area contributed by atoms with E-state index in [2.05, 4.69) is 20.9 Å². The molecular weight excluding hydrogens is 478 g/mol. The second kappa shape index (κ2) is 10.5. The van der Waals surface area contributed by atoms with Crippen LogP contribution in [0.3, 0.4) is 0 Å². The van der Waals surface area contributed by atoms with Gasteiger partial charge in [-0.25, -0.2) is 0 Å². The third-order valence-electron chi connectivity index (χ3n) is 5.50. The molecule has 0 aliphatic carbocycles. The maximum absolute atomic E-state index is 13.0. The number of nitro benzene ring substituents is 1. The Morgan fingerprint density at radius 1 is 0.973 bits per heavy atom. The van der Waals surface area contributed by atoms with Crippen LogP contribution < -0.4 is 15.4 Å². The molecule has 4 aromatic rings. The minimum atomic E-state index is -0.638. The number of rotatable bonds is 7. The molecule has 0 saturated carbocycles. The topological polar surface area (TPSA) is 156 Å². The number of non-ortho nitro benzene ring substituents is 1. The number of nitrogens with one attached hydrogen (secondary N) is 2. The van der Waals surface area contributed by atoms with Gasteiger partial charge in [0.25, 0.3) is 17.5 Å². The number of fused-ring (bicyclic) bond motifs is 1. The molecule has 0 heterocycles. The SMILES string of the molecule is CNC(=O)c1ccc(/N=N/c2c(O)c(C(=O)Nc3ccc([N+](=O)[O-])cc3)cc3ccccc23)c(OC)c1. The number of ether oxygens (including phenoxy) is 1. The summed E-state index contributed by atoms with van der Waals surface area (Å²) < 4.78 is 5.34. The highest BCUT2D eigenvalue weighted by molar-refractivity contribution is 6.11. The van der Waals surface area contributed by atoms with E-state index in [1.165, 1.54) is 50.6 Å². The van der Waals surface area contributed by atoms with Crippen molar-refractivity contribution < 1.29 is 24.4 Å². The molecule has 0 fully saturated rings. The number of hydrogen-bond acceptors (Lipinski definition) is 8. The molecule has 37 heavy (non-hydrogen) atoms. The average molecular weight is 499 g/mol. The molecule has 11 heteroatoms. The van der Waals surface area contributed by atoms with Gasteiger partial charge in [-0.1, -0.05) is 24.3 Å². The molecule has 2 amide bonds. The predicted molar refractivity (Wildman–Crippen MR) is 137 cm³/mol. The number of aromatic hydroxyl groups is 1. The molecule has 0 saturated heterocycles. The number of nitrogens with zero attached hydrogens (tertiary/aromatic N) is 3. The van der Waals surface area contributed by atoms with E-state index in [9.17, 15) is 24.8 Å². The van der Waals surface area contributed by atoms with Crippen molar-refractivity contribution >= 4 is 45.3 Å². The zero-order valence-corrected chi connectivity index (χ0v) is 19.8. The van der Waals surface area contributed by atoms with Gasteiger partial charge in [0.05, 0.1) is 17.6 Å². The third-order valence-corrected chi connectivity index (χ3v) is 5.50. The van der Waals surface area contributed by atoms with Crippen LogP contribution in [0.4, 0.5) is 22.7 Å². The second-order valence-electron chi connectivity index (χ2n) is 7.77. The van der Waals surface area contributed by atoms with Crippen LogP contribution in [0.5, 0.6) is 11.5 Å². The number of amides is 2. The van der Waals surface area contributed by atoms with Gasteiger partial charge in [0.15, 0.2) is 5.75 Å². The number of carbonyl (C=O) groups excluding carboxylic acids is 2. The van der Waals surface area contributed by atoms with E-state index < -0.39 is 16.6 Å². The number of phenolic OH excluding ortho intramolecular Hbond substituents is 1. The number of azo groups is 1. The lowest BCUT2D eigenvalue weighted by molar-refractivity contribution is -0.384. The summed E-state index contributed by atoms with van der Waals surface area (Å²) in [6.07, 6.45) is 0. The molecular formula is C26H21N5O6. The molecule has 3 N–H and O–H groups in total. The van der Waals surface area contributed by atoms with Crippen molar-refractivity contribution in [1.82, 2.24) is 5.32 Å². The van der Waals surface area contributed by atoms with Gasteiger partial charge in [0.2, 0.25) is 0 Å². The Hall–Kier alpha value is -5.32. The van der Waals surface area contributed by atoms with Crippen LogP contribution in [0.2, 0.25) is 0 Å². The van der Waals surface area contributed by atoms with E-state index in [4.69, 9.17) is 4.74 Å². The smallest absolute Gasteiger partial charge is 0.269 e. The lowest BCUT2D eigenvalue weighted by atomic mass is 10.0. The summed E-state index contributed by atoms with van der Waals surface area (Å²) in [6.45, 7) is 0. The van der Waals surface area contributed by atoms with E-state index in [-0.39, 0.29) is 22.8 Å². The summed E-state index contributed by atoms with van der Waals surface area (Å²) in [6, 6.07) is 18.5. The molecule has 0 radical (unpaired) electrons. The van der Waals surface area contributed by atoms with Gasteiger partial charge >= 0.3 is 0 Å². The van der Waals surface area contributed by atoms with Crippen molar-refractivity contribution in [2.24, 2.45) is 10.2 Å². The second-order valence-corrected chi connectivity index (χ2v) is 7.77. The van der Waals surface area contributed by atoms with Crippen molar-refractivity contribution in [3.05, 3.63) is 94.0 Å². The van der Waals surface area contributed by atoms with Crippen LogP contribution in [0, 0.1) is 10.1 Å². The summed E-state index contributed by atoms with van der Waals surface area (Å²) in [5.74, 6) is -1.04. The number of phenols is 1. The Morgan fingerprint density at radius 2 is 1.70 bits per heavy atom. The van der Waals surface area contributed by atoms with Crippen LogP contribution in [0.1, 0.15) is 20.7 Å². The number of hydrogen-bond donors (Lipinski definition) is 3. The summed E-state index contributed by atoms with van der Waals surface area (Å²) in [7, 11) is 2.94. The standard InChI is InChI=1S/C26H21N5O6/c1-27-25(33)16-7-12-21(22(14-16)37-2)29-30-23-19-6-4-3-5-15(19)13-20(24(23)32)26(34)28-17-8-10-18(11-9-17)31(35)36/h3-14,32H,1-2H3,(H,27,33)(H,28,34)/b30-29+. The maximum atomic E-state index is 13.0. The summed E-state index contributed by atoms with van der Waals surface area (Å²) in [5, 5.41) is 36.7. The molecule has 0 bridgehead atoms. The van der Waals surface area contributed by atoms with Gasteiger partial charge in [-0.05, 0) is 41.8 Å². The highest BCUT2D eigenvalue weighted by Crippen LogP contribution is 2.40. The first-order chi connectivity index (χ1) is 17.8. The van der Waals surface area contributed by atoms with Gasteiger partial charge in [-0.2, -0.15) is 0 Å². The normalized spacial score (nSPS) is 10.9. The van der Waals surface area contributed by atoms with Crippen molar-refractivity contribution in [2.75, 3.05) is 19.5 Å². The maximum Gasteiger partial charge on any atom is 0.269 e. The molecule has 0 aliphatic rings. The summed E-state index contributed by atoms with van der Waals surface area (Å²) in [5.41, 5.74) is 0.869. The van der Waals surface area contributed by atoms with Crippen LogP contribution >= 0.6 is 0 Å². The number of methoxy groups -OCH3 is 1. The zero-order chi connectivity index (χ0) is 26.5. The van der Waals surface area contributed by atoms with Crippen molar-refractivity contribution in [1.29, 1.82) is 0 Å². The van der Waals surface area contributed by atoms with Gasteiger partial charge < -0.3 is 20.5 Å². The van der Waals surface area contributed by atoms with Crippen LogP contribution in [0.25, 0.3) is 10.8 Å². The highest BCUT2D eigenvalue weighted by atomic mass is 16.6. The highest BCUT2D eigenvalue weighted by Gasteiger charge is 2.19. The number of carbonyl (C=O) groups is 2. The summed E-state index contributed by atoms with van der Waals surface area (Å²) in [4.78, 5) is 35.3. The minimum absolute atomic E-state index is 0.0596. The van der Waals surface area contributed by atoms with E-state index in [0.717, 1.165) is 0 Å². The molecule has 4 rings (SSSR count). The Morgan fingerprint density at radius 3 is 2.38 bits per heavy atom. The van der Waals surface area contributed by atoms with Crippen LogP contribution in [-0.2, 0) is 0 Å². The first-order valence-corrected chi connectivity index (χ1v) is 10.9. The first-order valence-electron chi connectivity index (χ1n) is 10.9. The Labute approximate surface area is 210 Å². The van der Waals surface area contributed by atoms with Gasteiger partial charge in [-0.15, -0.1) is 10.2 Å². The molecule has 0 aromatic heterocycles. The Bertz CT molecular complexity index is 1550. The number of nitro groups is 1. The fourth-order valence-electron chi connectivity index (χ4n) is 3.61. The van der Waals surface area contributed by atoms with E-state index >= 15 is 0 Å². The van der Waals surface area contributed by atoms with Crippen molar-refractivity contribution in [2.45, 2.75) is 0 Å². The van der Waals surface area contributed by atoms with Gasteiger partial charge in [0.1, 0.15) is 17.1 Å². The van der Waals surface area contributed by atoms with Crippen LogP contribution in [-0.4, -0.2) is 36.0 Å². The monoisotopic (exact) mass is 499 g/mol. The fourth-order valence-corrected chi connectivity index (χ4v) is 3.61. The Balaban J connectivity index is 1.72. The largest absolute Gasteiger partial charge is 0.505 e. The van der Waals surface area contributed by atoms with Gasteiger partial charge in [-0.3, -0.25) is 19.7 Å². The lowest BCUT2D eigenvalue weighted by Gasteiger charge is -2.11. The molecule has 186 valence electrons. The minimum Gasteiger partial charge on any atom is -0.505 e. The average Bonchev–Trinajstić information content (AvgIpc) is 2.92. The third kappa shape index (κ3) is 5.20. The van der Waals surface area contributed by atoms with E-state index in [1.807, 2.05) is 0 Å². The molecule has 0 atom stereocenters. The molecule has 0 spiro atoms. The van der Waals surface area contributed by atoms with E-state index in [0.29, 0.717) is 33.5 Å². The summed E-state index contributed by atoms with van der Waals surface area (Å²) >= 11 is 0. The first kappa shape index (κ1) is 24.8. The lowest BCUT2D eigenvalue weighted by Crippen LogP contribution is -2.17. The fraction of sp³-hybridized carbons (Fsp3) is 0.0769. The molecule has 4 aromatic carbocycles. The molecule has 0 unspecified atom stereocenters. The Kier molecular flexibility index (Phi) is 7.05. The molecule has 0 aliphatic heterocycles. The van der Waals surface area contributed by atoms with E-state index in [1.54, 1.807) is 36.4 Å². The number of anilines is 1. The quantitative estimate of drug-likeness (QED) is 0.173. The molecule has 11 nitrogen and oxygen atoms in total. The zero-order valence-electron chi connectivity index (χ0n) is 19.8. The van der Waals surface area contributed by atoms with Crippen molar-refractivity contribution in [3.63, 3.8) is 0 Å². The van der Waals surface area contributed by atoms with Crippen LogP contribution in [0.15, 0.2) is 83.0 Å². The van der Waals surface area contributed by atoms with Crippen molar-refractivity contribution in [3.8, 4) is 11.5 Å². The van der Waals surface area contributed by atoms with Gasteiger partial charge in [0, 0.05) is 35.8 Å². The predicted octanol–water partition coefficient (Wildman–Crippen LogP) is 5.49. The number of benzene rings is 4.